The van der Waals surface area contributed by atoms with E-state index < -0.39 is 6.09 Å². The summed E-state index contributed by atoms with van der Waals surface area (Å²) in [6, 6.07) is 12.9. The molecule has 31 heavy (non-hydrogen) atoms. The number of hydrogen-bond donors (Lipinski definition) is 1. The van der Waals surface area contributed by atoms with Gasteiger partial charge in [0.15, 0.2) is 11.5 Å². The Bertz CT molecular complexity index is 956. The second-order valence-electron chi connectivity index (χ2n) is 6.84. The van der Waals surface area contributed by atoms with Gasteiger partial charge in [-0.3, -0.25) is 10.1 Å². The van der Waals surface area contributed by atoms with E-state index in [1.165, 1.54) is 5.01 Å². The highest BCUT2D eigenvalue weighted by Crippen LogP contribution is 2.30. The predicted octanol–water partition coefficient (Wildman–Crippen LogP) is 4.19. The van der Waals surface area contributed by atoms with Gasteiger partial charge in [-0.25, -0.2) is 9.80 Å². The maximum atomic E-state index is 12.4. The molecule has 3 rings (SSSR count). The normalized spacial score (nSPS) is 13.5. The first-order valence-corrected chi connectivity index (χ1v) is 10.3. The van der Waals surface area contributed by atoms with E-state index in [0.29, 0.717) is 49.8 Å². The number of carbonyl (C=O) groups excluding carboxylic acids is 2. The molecule has 0 saturated carbocycles. The Labute approximate surface area is 181 Å². The number of anilines is 1. The molecule has 1 aliphatic rings. The average molecular weight is 425 g/mol. The molecule has 0 aliphatic carbocycles. The summed E-state index contributed by atoms with van der Waals surface area (Å²) in [6.45, 7) is 4.84. The topological polar surface area (TPSA) is 89.5 Å². The fourth-order valence-corrected chi connectivity index (χ4v) is 3.21. The molecule has 0 bridgehead atoms. The van der Waals surface area contributed by atoms with Crippen molar-refractivity contribution in [1.82, 2.24) is 5.01 Å². The molecule has 0 fully saturated rings. The molecule has 0 atom stereocenters. The number of ether oxygens (including phenoxy) is 3. The summed E-state index contributed by atoms with van der Waals surface area (Å²) in [6.07, 6.45) is 0.453. The highest BCUT2D eigenvalue weighted by molar-refractivity contribution is 6.04. The molecular weight excluding hydrogens is 398 g/mol. The van der Waals surface area contributed by atoms with Gasteiger partial charge in [0.05, 0.1) is 32.6 Å². The van der Waals surface area contributed by atoms with E-state index in [9.17, 15) is 9.59 Å². The van der Waals surface area contributed by atoms with Crippen molar-refractivity contribution in [3.8, 4) is 11.5 Å². The van der Waals surface area contributed by atoms with Crippen molar-refractivity contribution in [2.45, 2.75) is 33.2 Å². The second kappa shape index (κ2) is 10.5. The van der Waals surface area contributed by atoms with E-state index in [1.54, 1.807) is 26.2 Å². The van der Waals surface area contributed by atoms with E-state index >= 15 is 0 Å². The number of benzene rings is 2. The number of carbonyl (C=O) groups is 2. The van der Waals surface area contributed by atoms with Crippen LogP contribution in [0.3, 0.4) is 0 Å². The van der Waals surface area contributed by atoms with Crippen LogP contribution in [-0.4, -0.2) is 43.0 Å². The molecular formula is C23H27N3O5. The van der Waals surface area contributed by atoms with E-state index in [4.69, 9.17) is 14.2 Å². The third-order valence-electron chi connectivity index (χ3n) is 4.71. The Kier molecular flexibility index (Phi) is 7.48. The van der Waals surface area contributed by atoms with Crippen molar-refractivity contribution in [2.75, 3.05) is 25.6 Å². The van der Waals surface area contributed by atoms with Gasteiger partial charge in [0.1, 0.15) is 0 Å². The van der Waals surface area contributed by atoms with Crippen molar-refractivity contribution in [3.05, 3.63) is 53.6 Å². The minimum absolute atomic E-state index is 0.0315. The standard InChI is InChI=1S/C23H27N3O5/c1-4-30-21-14-17(8-12-20(21)29-3)19-11-13-22(27)26(25-19)15-16-6-9-18(10-7-16)24-23(28)31-5-2/h6-10,12,14H,4-5,11,13,15H2,1-3H3,(H,24,28). The van der Waals surface area contributed by atoms with Gasteiger partial charge in [-0.1, -0.05) is 12.1 Å². The molecule has 0 aromatic heterocycles. The zero-order chi connectivity index (χ0) is 22.2. The van der Waals surface area contributed by atoms with Crippen molar-refractivity contribution in [1.29, 1.82) is 0 Å². The number of nitrogens with one attached hydrogen (secondary N) is 1. The molecule has 164 valence electrons. The molecule has 1 heterocycles. The summed E-state index contributed by atoms with van der Waals surface area (Å²) in [5.41, 5.74) is 3.25. The van der Waals surface area contributed by atoms with Crippen LogP contribution in [0, 0.1) is 0 Å². The van der Waals surface area contributed by atoms with Crippen LogP contribution in [0.2, 0.25) is 0 Å². The minimum atomic E-state index is -0.499. The lowest BCUT2D eigenvalue weighted by atomic mass is 10.0. The van der Waals surface area contributed by atoms with Crippen LogP contribution < -0.4 is 14.8 Å². The maximum absolute atomic E-state index is 12.4. The number of nitrogens with zero attached hydrogens (tertiary/aromatic N) is 2. The summed E-state index contributed by atoms with van der Waals surface area (Å²) < 4.78 is 15.9. The van der Waals surface area contributed by atoms with Gasteiger partial charge in [0.2, 0.25) is 5.91 Å². The van der Waals surface area contributed by atoms with Gasteiger partial charge in [0, 0.05) is 24.1 Å². The van der Waals surface area contributed by atoms with Gasteiger partial charge >= 0.3 is 6.09 Å². The lowest BCUT2D eigenvalue weighted by molar-refractivity contribution is -0.132. The summed E-state index contributed by atoms with van der Waals surface area (Å²) in [7, 11) is 1.60. The molecule has 1 aliphatic heterocycles. The largest absolute Gasteiger partial charge is 0.493 e. The lowest BCUT2D eigenvalue weighted by Gasteiger charge is -2.24. The summed E-state index contributed by atoms with van der Waals surface area (Å²) in [5.74, 6) is 1.28. The molecule has 8 nitrogen and oxygen atoms in total. The number of hydrogen-bond acceptors (Lipinski definition) is 6. The average Bonchev–Trinajstić information content (AvgIpc) is 2.77. The molecule has 0 saturated heterocycles. The first-order valence-electron chi connectivity index (χ1n) is 10.3. The lowest BCUT2D eigenvalue weighted by Crippen LogP contribution is -2.31. The molecule has 2 amide bonds. The zero-order valence-electron chi connectivity index (χ0n) is 18.0. The Morgan fingerprint density at radius 3 is 2.52 bits per heavy atom. The first kappa shape index (κ1) is 22.1. The van der Waals surface area contributed by atoms with Gasteiger partial charge < -0.3 is 14.2 Å². The molecule has 0 unspecified atom stereocenters. The van der Waals surface area contributed by atoms with Crippen LogP contribution >= 0.6 is 0 Å². The predicted molar refractivity (Wildman–Crippen MR) is 118 cm³/mol. The summed E-state index contributed by atoms with van der Waals surface area (Å²) in [4.78, 5) is 23.9. The van der Waals surface area contributed by atoms with Gasteiger partial charge in [-0.2, -0.15) is 5.10 Å². The SMILES string of the molecule is CCOC(=O)Nc1ccc(CN2N=C(c3ccc(OC)c(OCC)c3)CCC2=O)cc1. The molecule has 8 heteroatoms. The third-order valence-corrected chi connectivity index (χ3v) is 4.71. The van der Waals surface area contributed by atoms with E-state index in [-0.39, 0.29) is 5.91 Å². The number of methoxy groups -OCH3 is 1. The quantitative estimate of drug-likeness (QED) is 0.685. The van der Waals surface area contributed by atoms with E-state index in [0.717, 1.165) is 16.8 Å². The van der Waals surface area contributed by atoms with Crippen LogP contribution in [0.4, 0.5) is 10.5 Å². The Morgan fingerprint density at radius 1 is 1.06 bits per heavy atom. The van der Waals surface area contributed by atoms with E-state index in [1.807, 2.05) is 37.3 Å². The van der Waals surface area contributed by atoms with Crippen molar-refractivity contribution >= 4 is 23.4 Å². The van der Waals surface area contributed by atoms with Crippen LogP contribution in [-0.2, 0) is 16.1 Å². The van der Waals surface area contributed by atoms with Gasteiger partial charge in [-0.15, -0.1) is 0 Å². The van der Waals surface area contributed by atoms with Crippen molar-refractivity contribution < 1.29 is 23.8 Å². The van der Waals surface area contributed by atoms with Crippen LogP contribution in [0.1, 0.15) is 37.8 Å². The maximum Gasteiger partial charge on any atom is 0.411 e. The molecule has 1 N–H and O–H groups in total. The number of rotatable bonds is 8. The molecule has 2 aromatic carbocycles. The highest BCUT2D eigenvalue weighted by atomic mass is 16.5. The van der Waals surface area contributed by atoms with Crippen LogP contribution in [0.25, 0.3) is 0 Å². The highest BCUT2D eigenvalue weighted by Gasteiger charge is 2.22. The molecule has 2 aromatic rings. The Morgan fingerprint density at radius 2 is 1.84 bits per heavy atom. The zero-order valence-corrected chi connectivity index (χ0v) is 18.0. The fraction of sp³-hybridized carbons (Fsp3) is 0.348. The first-order chi connectivity index (χ1) is 15.0. The number of hydrazone groups is 1. The second-order valence-corrected chi connectivity index (χ2v) is 6.84. The summed E-state index contributed by atoms with van der Waals surface area (Å²) >= 11 is 0. The molecule has 0 radical (unpaired) electrons. The minimum Gasteiger partial charge on any atom is -0.493 e. The third kappa shape index (κ3) is 5.75. The Hall–Kier alpha value is -3.55. The molecule has 0 spiro atoms. The monoisotopic (exact) mass is 425 g/mol. The van der Waals surface area contributed by atoms with Crippen molar-refractivity contribution in [3.63, 3.8) is 0 Å². The van der Waals surface area contributed by atoms with Gasteiger partial charge in [-0.05, 0) is 49.7 Å². The van der Waals surface area contributed by atoms with Crippen LogP contribution in [0.15, 0.2) is 47.6 Å². The van der Waals surface area contributed by atoms with Gasteiger partial charge in [0.25, 0.3) is 0 Å². The number of amides is 2. The smallest absolute Gasteiger partial charge is 0.411 e. The fourth-order valence-electron chi connectivity index (χ4n) is 3.21. The van der Waals surface area contributed by atoms with E-state index in [2.05, 4.69) is 10.4 Å². The van der Waals surface area contributed by atoms with Crippen LogP contribution in [0.5, 0.6) is 11.5 Å². The Balaban J connectivity index is 1.74. The summed E-state index contributed by atoms with van der Waals surface area (Å²) in [5, 5.41) is 8.72. The van der Waals surface area contributed by atoms with Crippen molar-refractivity contribution in [2.24, 2.45) is 5.10 Å².